The molecule has 3 rings (SSSR count). The highest BCUT2D eigenvalue weighted by atomic mass is 32.2. The Bertz CT molecular complexity index is 981. The lowest BCUT2D eigenvalue weighted by atomic mass is 10.1. The van der Waals surface area contributed by atoms with Gasteiger partial charge in [-0.2, -0.15) is 4.99 Å². The van der Waals surface area contributed by atoms with Crippen LogP contribution in [-0.2, 0) is 6.54 Å². The van der Waals surface area contributed by atoms with Crippen LogP contribution in [0.2, 0.25) is 0 Å². The van der Waals surface area contributed by atoms with Gasteiger partial charge in [0.05, 0.1) is 10.2 Å². The van der Waals surface area contributed by atoms with Gasteiger partial charge in [-0.05, 0) is 74.0 Å². The minimum absolute atomic E-state index is 0.183. The molecule has 0 bridgehead atoms. The molecule has 0 N–H and O–H groups in total. The second-order valence-electron chi connectivity index (χ2n) is 6.09. The molecular weight excluding hydrogens is 348 g/mol. The smallest absolute Gasteiger partial charge is 0.279 e. The number of hydrogen-bond donors (Lipinski definition) is 0. The van der Waals surface area contributed by atoms with E-state index < -0.39 is 0 Å². The van der Waals surface area contributed by atoms with Crippen LogP contribution in [0.15, 0.2) is 46.3 Å². The first kappa shape index (κ1) is 18.0. The number of aryl methyl sites for hydroxylation is 3. The molecule has 0 aliphatic rings. The van der Waals surface area contributed by atoms with Crippen molar-refractivity contribution in [1.29, 1.82) is 0 Å². The third kappa shape index (κ3) is 3.72. The lowest BCUT2D eigenvalue weighted by molar-refractivity contribution is 0.0997. The summed E-state index contributed by atoms with van der Waals surface area (Å²) in [5.41, 5.74) is 4.33. The van der Waals surface area contributed by atoms with E-state index in [1.165, 1.54) is 21.3 Å². The van der Waals surface area contributed by atoms with Crippen LogP contribution in [0.3, 0.4) is 0 Å². The summed E-state index contributed by atoms with van der Waals surface area (Å²) >= 11 is 3.25. The van der Waals surface area contributed by atoms with Crippen molar-refractivity contribution in [1.82, 2.24) is 4.57 Å². The molecule has 0 radical (unpaired) electrons. The number of nitrogens with zero attached hydrogens (tertiary/aromatic N) is 2. The maximum Gasteiger partial charge on any atom is 0.279 e. The van der Waals surface area contributed by atoms with Crippen LogP contribution in [0.5, 0.6) is 0 Å². The van der Waals surface area contributed by atoms with Crippen LogP contribution < -0.4 is 4.80 Å². The van der Waals surface area contributed by atoms with Crippen molar-refractivity contribution in [2.75, 3.05) is 6.26 Å². The quantitative estimate of drug-likeness (QED) is 0.592. The van der Waals surface area contributed by atoms with Gasteiger partial charge in [-0.15, -0.1) is 11.8 Å². The first-order chi connectivity index (χ1) is 12.0. The van der Waals surface area contributed by atoms with Crippen LogP contribution >= 0.6 is 23.1 Å². The highest BCUT2D eigenvalue weighted by Crippen LogP contribution is 2.22. The van der Waals surface area contributed by atoms with E-state index in [2.05, 4.69) is 42.5 Å². The van der Waals surface area contributed by atoms with E-state index in [-0.39, 0.29) is 5.91 Å². The van der Waals surface area contributed by atoms with Gasteiger partial charge >= 0.3 is 0 Å². The second kappa shape index (κ2) is 7.58. The monoisotopic (exact) mass is 370 g/mol. The van der Waals surface area contributed by atoms with E-state index in [4.69, 9.17) is 0 Å². The lowest BCUT2D eigenvalue weighted by Gasteiger charge is -2.05. The van der Waals surface area contributed by atoms with Crippen LogP contribution in [-0.4, -0.2) is 16.7 Å². The molecule has 3 nitrogen and oxygen atoms in total. The van der Waals surface area contributed by atoms with Crippen molar-refractivity contribution in [3.63, 3.8) is 0 Å². The van der Waals surface area contributed by atoms with Gasteiger partial charge < -0.3 is 4.57 Å². The van der Waals surface area contributed by atoms with Gasteiger partial charge in [0.15, 0.2) is 4.80 Å². The van der Waals surface area contributed by atoms with Crippen LogP contribution in [0.1, 0.15) is 34.8 Å². The summed E-state index contributed by atoms with van der Waals surface area (Å²) in [7, 11) is 0. The Labute approximate surface area is 156 Å². The minimum Gasteiger partial charge on any atom is -0.316 e. The Kier molecular flexibility index (Phi) is 5.45. The molecule has 5 heteroatoms. The first-order valence-corrected chi connectivity index (χ1v) is 10.4. The van der Waals surface area contributed by atoms with Gasteiger partial charge in [0.2, 0.25) is 0 Å². The van der Waals surface area contributed by atoms with E-state index in [1.54, 1.807) is 23.1 Å². The molecule has 0 atom stereocenters. The summed E-state index contributed by atoms with van der Waals surface area (Å²) < 4.78 is 3.35. The second-order valence-corrected chi connectivity index (χ2v) is 7.97. The number of amides is 1. The molecule has 0 saturated carbocycles. The summed E-state index contributed by atoms with van der Waals surface area (Å²) in [5.74, 6) is -0.183. The fourth-order valence-corrected chi connectivity index (χ4v) is 4.27. The van der Waals surface area contributed by atoms with Gasteiger partial charge in [-0.3, -0.25) is 4.79 Å². The number of aromatic nitrogens is 1. The fourth-order valence-electron chi connectivity index (χ4n) is 2.73. The number of thiazole rings is 1. The first-order valence-electron chi connectivity index (χ1n) is 8.37. The molecule has 130 valence electrons. The Morgan fingerprint density at radius 1 is 1.16 bits per heavy atom. The molecule has 1 aromatic heterocycles. The maximum atomic E-state index is 12.6. The number of hydrogen-bond acceptors (Lipinski definition) is 3. The predicted molar refractivity (Wildman–Crippen MR) is 108 cm³/mol. The Morgan fingerprint density at radius 2 is 1.84 bits per heavy atom. The zero-order valence-corrected chi connectivity index (χ0v) is 16.6. The molecule has 1 amide bonds. The third-order valence-electron chi connectivity index (χ3n) is 4.28. The lowest BCUT2D eigenvalue weighted by Crippen LogP contribution is -2.16. The van der Waals surface area contributed by atoms with Gasteiger partial charge in [-0.1, -0.05) is 18.3 Å². The zero-order valence-electron chi connectivity index (χ0n) is 15.0. The number of thioether (sulfide) groups is 1. The van der Waals surface area contributed by atoms with Crippen molar-refractivity contribution in [3.05, 3.63) is 57.9 Å². The summed E-state index contributed by atoms with van der Waals surface area (Å²) in [5, 5.41) is 0. The van der Waals surface area contributed by atoms with Crippen molar-refractivity contribution in [2.24, 2.45) is 4.99 Å². The molecular formula is C20H22N2OS2. The van der Waals surface area contributed by atoms with Gasteiger partial charge in [0.25, 0.3) is 5.91 Å². The van der Waals surface area contributed by atoms with E-state index in [0.717, 1.165) is 22.7 Å². The SMILES string of the molecule is CCCn1c(=NC(=O)c2ccc(SC)cc2)sc2cc(C)c(C)cc21. The van der Waals surface area contributed by atoms with E-state index in [9.17, 15) is 4.79 Å². The van der Waals surface area contributed by atoms with E-state index in [1.807, 2.05) is 30.5 Å². The standard InChI is InChI=1S/C20H22N2OS2/c1-5-10-22-17-11-13(2)14(3)12-18(17)25-20(22)21-19(23)15-6-8-16(24-4)9-7-15/h6-9,11-12H,5,10H2,1-4H3. The average Bonchev–Trinajstić information content (AvgIpc) is 2.92. The number of fused-ring (bicyclic) bond motifs is 1. The fraction of sp³-hybridized carbons (Fsp3) is 0.300. The molecule has 0 aliphatic carbocycles. The molecule has 25 heavy (non-hydrogen) atoms. The van der Waals surface area contributed by atoms with Crippen molar-refractivity contribution < 1.29 is 4.79 Å². The van der Waals surface area contributed by atoms with Crippen LogP contribution in [0.25, 0.3) is 10.2 Å². The zero-order chi connectivity index (χ0) is 18.0. The van der Waals surface area contributed by atoms with Crippen molar-refractivity contribution >= 4 is 39.2 Å². The molecule has 0 saturated heterocycles. The van der Waals surface area contributed by atoms with Gasteiger partial charge in [-0.25, -0.2) is 0 Å². The Morgan fingerprint density at radius 3 is 2.48 bits per heavy atom. The summed E-state index contributed by atoms with van der Waals surface area (Å²) in [6, 6.07) is 12.0. The average molecular weight is 371 g/mol. The number of carbonyl (C=O) groups is 1. The van der Waals surface area contributed by atoms with Crippen molar-refractivity contribution in [3.8, 4) is 0 Å². The largest absolute Gasteiger partial charge is 0.316 e. The molecule has 0 fully saturated rings. The summed E-state index contributed by atoms with van der Waals surface area (Å²) in [6.45, 7) is 7.25. The van der Waals surface area contributed by atoms with Crippen LogP contribution in [0, 0.1) is 13.8 Å². The number of benzene rings is 2. The summed E-state index contributed by atoms with van der Waals surface area (Å²) in [6.07, 6.45) is 3.03. The number of carbonyl (C=O) groups excluding carboxylic acids is 1. The van der Waals surface area contributed by atoms with Crippen LogP contribution in [0.4, 0.5) is 0 Å². The Balaban J connectivity index is 2.10. The van der Waals surface area contributed by atoms with Gasteiger partial charge in [0, 0.05) is 17.0 Å². The van der Waals surface area contributed by atoms with E-state index >= 15 is 0 Å². The molecule has 0 spiro atoms. The normalized spacial score (nSPS) is 12.1. The minimum atomic E-state index is -0.183. The maximum absolute atomic E-state index is 12.6. The predicted octanol–water partition coefficient (Wildman–Crippen LogP) is 5.19. The highest BCUT2D eigenvalue weighted by Gasteiger charge is 2.10. The topological polar surface area (TPSA) is 34.4 Å². The Hall–Kier alpha value is -1.85. The van der Waals surface area contributed by atoms with Crippen molar-refractivity contribution in [2.45, 2.75) is 38.6 Å². The summed E-state index contributed by atoms with van der Waals surface area (Å²) in [4.78, 5) is 19.0. The molecule has 0 aliphatic heterocycles. The molecule has 0 unspecified atom stereocenters. The molecule has 1 heterocycles. The number of rotatable bonds is 4. The van der Waals surface area contributed by atoms with E-state index in [0.29, 0.717) is 5.56 Å². The van der Waals surface area contributed by atoms with Gasteiger partial charge in [0.1, 0.15) is 0 Å². The highest BCUT2D eigenvalue weighted by molar-refractivity contribution is 7.98. The molecule has 2 aromatic carbocycles. The third-order valence-corrected chi connectivity index (χ3v) is 6.06. The molecule has 3 aromatic rings.